The lowest BCUT2D eigenvalue weighted by molar-refractivity contribution is 0.0998. The highest BCUT2D eigenvalue weighted by Gasteiger charge is 2.22. The molecule has 0 N–H and O–H groups in total. The molecular formula is C8HF4NOS. The molecule has 0 saturated heterocycles. The summed E-state index contributed by atoms with van der Waals surface area (Å²) in [6, 6.07) is 0.201. The smallest absolute Gasteiger partial charge is 0.266 e. The SMILES string of the molecule is O=C(N=C=S)c1cc(F)c(F)c(F)c1F. The van der Waals surface area contributed by atoms with Crippen LogP contribution >= 0.6 is 12.2 Å². The van der Waals surface area contributed by atoms with E-state index in [1.165, 1.54) is 0 Å². The summed E-state index contributed by atoms with van der Waals surface area (Å²) in [5.74, 6) is -8.89. The van der Waals surface area contributed by atoms with Gasteiger partial charge in [0.15, 0.2) is 23.3 Å². The van der Waals surface area contributed by atoms with Crippen LogP contribution in [0.2, 0.25) is 0 Å². The van der Waals surface area contributed by atoms with Crippen molar-refractivity contribution in [2.45, 2.75) is 0 Å². The van der Waals surface area contributed by atoms with E-state index in [0.717, 1.165) is 0 Å². The van der Waals surface area contributed by atoms with E-state index in [4.69, 9.17) is 0 Å². The number of nitrogens with zero attached hydrogens (tertiary/aromatic N) is 1. The van der Waals surface area contributed by atoms with E-state index in [0.29, 0.717) is 0 Å². The highest BCUT2D eigenvalue weighted by molar-refractivity contribution is 7.78. The molecule has 0 radical (unpaired) electrons. The lowest BCUT2D eigenvalue weighted by Crippen LogP contribution is -2.05. The Morgan fingerprint density at radius 3 is 2.33 bits per heavy atom. The minimum Gasteiger partial charge on any atom is -0.266 e. The number of hydrogen-bond acceptors (Lipinski definition) is 2. The minimum atomic E-state index is -2.07. The van der Waals surface area contributed by atoms with E-state index < -0.39 is 34.7 Å². The topological polar surface area (TPSA) is 29.4 Å². The zero-order valence-corrected chi connectivity index (χ0v) is 7.67. The summed E-state index contributed by atoms with van der Waals surface area (Å²) in [6.45, 7) is 0. The molecule has 7 heteroatoms. The van der Waals surface area contributed by atoms with Gasteiger partial charge in [0.05, 0.1) is 10.7 Å². The molecule has 1 amide bonds. The second-order valence-corrected chi connectivity index (χ2v) is 2.54. The molecular weight excluding hydrogens is 234 g/mol. The van der Waals surface area contributed by atoms with Crippen molar-refractivity contribution in [3.05, 3.63) is 34.9 Å². The van der Waals surface area contributed by atoms with Gasteiger partial charge in [-0.05, 0) is 18.3 Å². The third-order valence-corrected chi connectivity index (χ3v) is 1.57. The molecule has 0 unspecified atom stereocenters. The maximum Gasteiger partial charge on any atom is 0.289 e. The number of thiocarbonyl (C=S) groups is 1. The number of isothiocyanates is 1. The summed E-state index contributed by atoms with van der Waals surface area (Å²) in [6.07, 6.45) is 0. The predicted octanol–water partition coefficient (Wildman–Crippen LogP) is 2.49. The van der Waals surface area contributed by atoms with Crippen molar-refractivity contribution in [2.24, 2.45) is 4.99 Å². The van der Waals surface area contributed by atoms with Gasteiger partial charge in [-0.3, -0.25) is 4.79 Å². The van der Waals surface area contributed by atoms with Crippen LogP contribution in [0.1, 0.15) is 10.4 Å². The largest absolute Gasteiger partial charge is 0.289 e. The van der Waals surface area contributed by atoms with E-state index >= 15 is 0 Å². The van der Waals surface area contributed by atoms with Crippen LogP contribution in [0, 0.1) is 23.3 Å². The number of aliphatic imine (C=N–C) groups is 1. The fourth-order valence-corrected chi connectivity index (χ4v) is 0.913. The van der Waals surface area contributed by atoms with Crippen LogP contribution in [0.5, 0.6) is 0 Å². The Balaban J connectivity index is 3.45. The third-order valence-electron chi connectivity index (χ3n) is 1.48. The van der Waals surface area contributed by atoms with Crippen LogP contribution in [0.3, 0.4) is 0 Å². The quantitative estimate of drug-likeness (QED) is 0.246. The van der Waals surface area contributed by atoms with Crippen LogP contribution in [0.25, 0.3) is 0 Å². The van der Waals surface area contributed by atoms with Crippen LogP contribution in [-0.2, 0) is 0 Å². The Morgan fingerprint density at radius 2 is 1.80 bits per heavy atom. The first kappa shape index (κ1) is 11.5. The fourth-order valence-electron chi connectivity index (χ4n) is 0.830. The normalized spacial score (nSPS) is 9.60. The van der Waals surface area contributed by atoms with Crippen LogP contribution < -0.4 is 0 Å². The average Bonchev–Trinajstić information content (AvgIpc) is 2.20. The van der Waals surface area contributed by atoms with Gasteiger partial charge in [0.25, 0.3) is 5.91 Å². The molecule has 1 aromatic carbocycles. The molecule has 0 saturated carbocycles. The van der Waals surface area contributed by atoms with Crippen molar-refractivity contribution in [3.8, 4) is 0 Å². The second kappa shape index (κ2) is 4.29. The monoisotopic (exact) mass is 235 g/mol. The van der Waals surface area contributed by atoms with Crippen molar-refractivity contribution in [2.75, 3.05) is 0 Å². The predicted molar refractivity (Wildman–Crippen MR) is 45.6 cm³/mol. The Labute approximate surface area is 86.2 Å². The maximum absolute atomic E-state index is 12.9. The van der Waals surface area contributed by atoms with Gasteiger partial charge in [-0.15, -0.1) is 0 Å². The molecule has 0 aliphatic heterocycles. The molecule has 1 rings (SSSR count). The molecule has 0 fully saturated rings. The fraction of sp³-hybridized carbons (Fsp3) is 0. The van der Waals surface area contributed by atoms with Crippen molar-refractivity contribution in [1.82, 2.24) is 0 Å². The summed E-state index contributed by atoms with van der Waals surface area (Å²) in [7, 11) is 0. The zero-order chi connectivity index (χ0) is 11.6. The minimum absolute atomic E-state index is 0.201. The molecule has 0 bridgehead atoms. The summed E-state index contributed by atoms with van der Waals surface area (Å²) in [4.78, 5) is 13.7. The van der Waals surface area contributed by atoms with Gasteiger partial charge >= 0.3 is 0 Å². The van der Waals surface area contributed by atoms with E-state index in [1.807, 2.05) is 0 Å². The summed E-state index contributed by atoms with van der Waals surface area (Å²) < 4.78 is 50.6. The molecule has 1 aromatic rings. The lowest BCUT2D eigenvalue weighted by atomic mass is 10.2. The van der Waals surface area contributed by atoms with Crippen molar-refractivity contribution in [1.29, 1.82) is 0 Å². The van der Waals surface area contributed by atoms with E-state index in [-0.39, 0.29) is 6.07 Å². The highest BCUT2D eigenvalue weighted by atomic mass is 32.1. The molecule has 2 nitrogen and oxygen atoms in total. The molecule has 15 heavy (non-hydrogen) atoms. The van der Waals surface area contributed by atoms with Crippen LogP contribution in [0.15, 0.2) is 11.1 Å². The first-order chi connectivity index (χ1) is 6.99. The summed E-state index contributed by atoms with van der Waals surface area (Å²) in [5, 5.41) is 1.60. The maximum atomic E-state index is 12.9. The number of hydrogen-bond donors (Lipinski definition) is 0. The Hall–Kier alpha value is -1.59. The van der Waals surface area contributed by atoms with Crippen molar-refractivity contribution < 1.29 is 22.4 Å². The van der Waals surface area contributed by atoms with Gasteiger partial charge in [-0.2, -0.15) is 4.99 Å². The Bertz CT molecular complexity index is 482. The average molecular weight is 235 g/mol. The molecule has 0 aromatic heterocycles. The third kappa shape index (κ3) is 2.08. The first-order valence-corrected chi connectivity index (χ1v) is 3.85. The molecule has 0 spiro atoms. The van der Waals surface area contributed by atoms with Gasteiger partial charge in [0.1, 0.15) is 0 Å². The Kier molecular flexibility index (Phi) is 3.28. The number of carbonyl (C=O) groups excluding carboxylic acids is 1. The highest BCUT2D eigenvalue weighted by Crippen LogP contribution is 2.19. The lowest BCUT2D eigenvalue weighted by Gasteiger charge is -2.00. The standard InChI is InChI=1S/C8HF4NOS/c9-4-1-3(8(14)13-2-15)5(10)7(12)6(4)11/h1H. The summed E-state index contributed by atoms with van der Waals surface area (Å²) >= 11 is 4.04. The number of benzene rings is 1. The van der Waals surface area contributed by atoms with Gasteiger partial charge in [-0.1, -0.05) is 0 Å². The molecule has 0 aliphatic carbocycles. The van der Waals surface area contributed by atoms with Crippen molar-refractivity contribution >= 4 is 23.3 Å². The van der Waals surface area contributed by atoms with Gasteiger partial charge < -0.3 is 0 Å². The van der Waals surface area contributed by atoms with Gasteiger partial charge in [-0.25, -0.2) is 17.6 Å². The van der Waals surface area contributed by atoms with Gasteiger partial charge in [0, 0.05) is 0 Å². The van der Waals surface area contributed by atoms with Gasteiger partial charge in [0.2, 0.25) is 0 Å². The Morgan fingerprint density at radius 1 is 1.20 bits per heavy atom. The molecule has 0 atom stereocenters. The van der Waals surface area contributed by atoms with Crippen LogP contribution in [0.4, 0.5) is 17.6 Å². The number of amides is 1. The van der Waals surface area contributed by atoms with E-state index in [2.05, 4.69) is 17.2 Å². The molecule has 78 valence electrons. The van der Waals surface area contributed by atoms with Crippen molar-refractivity contribution in [3.63, 3.8) is 0 Å². The second-order valence-electron chi connectivity index (χ2n) is 2.36. The zero-order valence-electron chi connectivity index (χ0n) is 6.85. The first-order valence-electron chi connectivity index (χ1n) is 3.44. The number of halogens is 4. The molecule has 0 aliphatic rings. The van der Waals surface area contributed by atoms with E-state index in [9.17, 15) is 22.4 Å². The number of carbonyl (C=O) groups is 1. The summed E-state index contributed by atoms with van der Waals surface area (Å²) in [5.41, 5.74) is -1.04. The van der Waals surface area contributed by atoms with E-state index in [1.54, 1.807) is 5.16 Å². The molecule has 0 heterocycles. The van der Waals surface area contributed by atoms with Crippen LogP contribution in [-0.4, -0.2) is 11.1 Å². The number of rotatable bonds is 1.